The normalized spacial score (nSPS) is 12.4. The minimum Gasteiger partial charge on any atom is -0.354 e. The number of anilines is 1. The molecule has 0 bridgehead atoms. The van der Waals surface area contributed by atoms with Crippen molar-refractivity contribution in [2.24, 2.45) is 0 Å². The molecule has 0 unspecified atom stereocenters. The Balaban J connectivity index is 2.13. The number of benzene rings is 3. The number of hydrogen-bond acceptors (Lipinski definition) is 4. The lowest BCUT2D eigenvalue weighted by Crippen LogP contribution is -2.52. The zero-order valence-corrected chi connectivity index (χ0v) is 24.1. The highest BCUT2D eigenvalue weighted by molar-refractivity contribution is 7.92. The summed E-state index contributed by atoms with van der Waals surface area (Å²) in [4.78, 5) is 28.0. The van der Waals surface area contributed by atoms with Gasteiger partial charge in [-0.15, -0.1) is 0 Å². The van der Waals surface area contributed by atoms with Gasteiger partial charge in [-0.25, -0.2) is 8.42 Å². The second kappa shape index (κ2) is 13.9. The van der Waals surface area contributed by atoms with E-state index in [1.807, 2.05) is 6.92 Å². The number of carbonyl (C=O) groups is 2. The van der Waals surface area contributed by atoms with E-state index in [2.05, 4.69) is 5.32 Å². The maximum absolute atomic E-state index is 14.0. The van der Waals surface area contributed by atoms with E-state index in [-0.39, 0.29) is 22.9 Å². The summed E-state index contributed by atoms with van der Waals surface area (Å²) in [5, 5.41) is 2.47. The van der Waals surface area contributed by atoms with E-state index in [0.717, 1.165) is 12.1 Å². The monoisotopic (exact) mass is 609 g/mol. The Morgan fingerprint density at radius 3 is 2.12 bits per heavy atom. The number of rotatable bonds is 12. The van der Waals surface area contributed by atoms with Crippen molar-refractivity contribution in [3.05, 3.63) is 95.0 Å². The Kier molecular flexibility index (Phi) is 10.8. The number of hydrogen-bond donors (Lipinski definition) is 1. The lowest BCUT2D eigenvalue weighted by molar-refractivity contribution is -0.140. The van der Waals surface area contributed by atoms with Crippen LogP contribution in [0.5, 0.6) is 0 Å². The van der Waals surface area contributed by atoms with Crippen LogP contribution in [0.3, 0.4) is 0 Å². The number of nitrogens with one attached hydrogen (secondary N) is 1. The molecule has 7 nitrogen and oxygen atoms in total. The van der Waals surface area contributed by atoms with E-state index < -0.39 is 51.9 Å². The Bertz CT molecular complexity index is 1440. The van der Waals surface area contributed by atoms with Crippen LogP contribution in [0.1, 0.15) is 37.8 Å². The van der Waals surface area contributed by atoms with Gasteiger partial charge in [0.05, 0.1) is 21.2 Å². The van der Waals surface area contributed by atoms with Crippen LogP contribution in [-0.4, -0.2) is 44.3 Å². The molecule has 1 N–H and O–H groups in total. The quantitative estimate of drug-likeness (QED) is 0.278. The highest BCUT2D eigenvalue weighted by Gasteiger charge is 2.36. The summed E-state index contributed by atoms with van der Waals surface area (Å²) in [7, 11) is -4.57. The molecule has 1 atom stereocenters. The second-order valence-electron chi connectivity index (χ2n) is 9.21. The van der Waals surface area contributed by atoms with Gasteiger partial charge >= 0.3 is 6.18 Å². The molecular weight excluding hydrogens is 579 g/mol. The molecular formula is C29H31ClF3N3O4S. The molecule has 3 aromatic rings. The Hall–Kier alpha value is -3.57. The average Bonchev–Trinajstić information content (AvgIpc) is 2.95. The minimum atomic E-state index is -4.80. The molecule has 0 fully saturated rings. The number of carbonyl (C=O) groups excluding carboxylic acids is 2. The largest absolute Gasteiger partial charge is 0.416 e. The predicted molar refractivity (Wildman–Crippen MR) is 152 cm³/mol. The van der Waals surface area contributed by atoms with Crippen molar-refractivity contribution in [1.29, 1.82) is 0 Å². The molecule has 0 saturated carbocycles. The first-order valence-electron chi connectivity index (χ1n) is 13.0. The number of sulfonamides is 1. The van der Waals surface area contributed by atoms with Crippen LogP contribution < -0.4 is 9.62 Å². The van der Waals surface area contributed by atoms with Gasteiger partial charge in [-0.1, -0.05) is 74.0 Å². The zero-order chi connectivity index (χ0) is 30.2. The fourth-order valence-corrected chi connectivity index (χ4v) is 5.89. The topological polar surface area (TPSA) is 86.8 Å². The molecule has 0 spiro atoms. The summed E-state index contributed by atoms with van der Waals surface area (Å²) >= 11 is 6.26. The number of alkyl halides is 3. The summed E-state index contributed by atoms with van der Waals surface area (Å²) in [6.07, 6.45) is -3.93. The summed E-state index contributed by atoms with van der Waals surface area (Å²) in [5.74, 6) is -1.21. The van der Waals surface area contributed by atoms with Crippen molar-refractivity contribution < 1.29 is 31.2 Å². The van der Waals surface area contributed by atoms with Gasteiger partial charge < -0.3 is 10.2 Å². The van der Waals surface area contributed by atoms with E-state index in [1.54, 1.807) is 43.3 Å². The summed E-state index contributed by atoms with van der Waals surface area (Å²) < 4.78 is 69.1. The predicted octanol–water partition coefficient (Wildman–Crippen LogP) is 5.89. The lowest BCUT2D eigenvalue weighted by atomic mass is 10.1. The molecule has 3 rings (SSSR count). The van der Waals surface area contributed by atoms with Gasteiger partial charge in [-0.2, -0.15) is 13.2 Å². The van der Waals surface area contributed by atoms with Crippen molar-refractivity contribution in [3.8, 4) is 0 Å². The molecule has 0 radical (unpaired) electrons. The Morgan fingerprint density at radius 1 is 0.951 bits per heavy atom. The number of nitrogens with zero attached hydrogens (tertiary/aromatic N) is 2. The van der Waals surface area contributed by atoms with Gasteiger partial charge in [-0.05, 0) is 48.7 Å². The lowest BCUT2D eigenvalue weighted by Gasteiger charge is -2.33. The standard InChI is InChI=1S/C29H31ClF3N3O4S/c1-3-17-34-28(38)25(4-2)35(19-21-11-7-5-8-12-21)27(37)20-36(41(39,40)23-13-9-6-10-14-23)26-18-22(29(31,32)33)15-16-24(26)30/h5-16,18,25H,3-4,17,19-20H2,1-2H3,(H,34,38)/t25-/m0/s1. The maximum atomic E-state index is 14.0. The number of amides is 2. The smallest absolute Gasteiger partial charge is 0.354 e. The first kappa shape index (κ1) is 32.0. The highest BCUT2D eigenvalue weighted by Crippen LogP contribution is 2.37. The third kappa shape index (κ3) is 8.01. The van der Waals surface area contributed by atoms with Crippen LogP contribution in [-0.2, 0) is 32.3 Å². The fourth-order valence-electron chi connectivity index (χ4n) is 4.18. The summed E-state index contributed by atoms with van der Waals surface area (Å²) in [6, 6.07) is 17.1. The van der Waals surface area contributed by atoms with Crippen molar-refractivity contribution in [1.82, 2.24) is 10.2 Å². The van der Waals surface area contributed by atoms with Crippen molar-refractivity contribution in [2.75, 3.05) is 17.4 Å². The average molecular weight is 610 g/mol. The zero-order valence-electron chi connectivity index (χ0n) is 22.6. The SMILES string of the molecule is CCCNC(=O)[C@H](CC)N(Cc1ccccc1)C(=O)CN(c1cc(C(F)(F)F)ccc1Cl)S(=O)(=O)c1ccccc1. The third-order valence-corrected chi connectivity index (χ3v) is 8.38. The molecule has 0 saturated heterocycles. The highest BCUT2D eigenvalue weighted by atomic mass is 35.5. The third-order valence-electron chi connectivity index (χ3n) is 6.28. The van der Waals surface area contributed by atoms with E-state index >= 15 is 0 Å². The first-order valence-corrected chi connectivity index (χ1v) is 14.8. The van der Waals surface area contributed by atoms with Gasteiger partial charge in [0.15, 0.2) is 0 Å². The molecule has 12 heteroatoms. The molecule has 0 heterocycles. The van der Waals surface area contributed by atoms with E-state index in [4.69, 9.17) is 11.6 Å². The van der Waals surface area contributed by atoms with Gasteiger partial charge in [0.1, 0.15) is 12.6 Å². The van der Waals surface area contributed by atoms with Crippen LogP contribution in [0.4, 0.5) is 18.9 Å². The molecule has 0 aromatic heterocycles. The summed E-state index contributed by atoms with van der Waals surface area (Å²) in [5.41, 5.74) is -0.969. The molecule has 220 valence electrons. The Labute approximate surface area is 243 Å². The molecule has 0 aliphatic carbocycles. The van der Waals surface area contributed by atoms with Crippen LogP contribution in [0.15, 0.2) is 83.8 Å². The summed E-state index contributed by atoms with van der Waals surface area (Å²) in [6.45, 7) is 3.02. The van der Waals surface area contributed by atoms with Gasteiger partial charge in [0.2, 0.25) is 11.8 Å². The Morgan fingerprint density at radius 2 is 1.56 bits per heavy atom. The number of halogens is 4. The molecule has 3 aromatic carbocycles. The maximum Gasteiger partial charge on any atom is 0.416 e. The van der Waals surface area contributed by atoms with Crippen LogP contribution in [0.25, 0.3) is 0 Å². The minimum absolute atomic E-state index is 0.0345. The van der Waals surface area contributed by atoms with E-state index in [1.165, 1.54) is 29.2 Å². The van der Waals surface area contributed by atoms with E-state index in [0.29, 0.717) is 28.9 Å². The second-order valence-corrected chi connectivity index (χ2v) is 11.5. The van der Waals surface area contributed by atoms with Crippen LogP contribution in [0.2, 0.25) is 5.02 Å². The van der Waals surface area contributed by atoms with Gasteiger partial charge in [0, 0.05) is 13.1 Å². The first-order chi connectivity index (χ1) is 19.4. The molecule has 2 amide bonds. The van der Waals surface area contributed by atoms with Crippen molar-refractivity contribution in [2.45, 2.75) is 50.3 Å². The van der Waals surface area contributed by atoms with Crippen LogP contribution in [0, 0.1) is 0 Å². The van der Waals surface area contributed by atoms with Gasteiger partial charge in [0.25, 0.3) is 10.0 Å². The molecule has 0 aliphatic heterocycles. The van der Waals surface area contributed by atoms with Crippen molar-refractivity contribution >= 4 is 39.1 Å². The molecule has 41 heavy (non-hydrogen) atoms. The van der Waals surface area contributed by atoms with Gasteiger partial charge in [-0.3, -0.25) is 13.9 Å². The van der Waals surface area contributed by atoms with E-state index in [9.17, 15) is 31.2 Å². The molecule has 0 aliphatic rings. The van der Waals surface area contributed by atoms with Crippen LogP contribution >= 0.6 is 11.6 Å². The fraction of sp³-hybridized carbons (Fsp3) is 0.310. The van der Waals surface area contributed by atoms with Crippen molar-refractivity contribution in [3.63, 3.8) is 0 Å².